The van der Waals surface area contributed by atoms with E-state index in [-0.39, 0.29) is 6.04 Å². The molecule has 0 radical (unpaired) electrons. The van der Waals surface area contributed by atoms with Crippen molar-refractivity contribution in [2.45, 2.75) is 19.9 Å². The van der Waals surface area contributed by atoms with E-state index in [1.807, 2.05) is 17.9 Å². The number of thiazole rings is 1. The Balaban J connectivity index is 2.17. The minimum atomic E-state index is 0.193. The van der Waals surface area contributed by atoms with Crippen LogP contribution in [0.2, 0.25) is 0 Å². The number of aromatic nitrogens is 2. The Morgan fingerprint density at radius 2 is 2.20 bits per heavy atom. The van der Waals surface area contributed by atoms with E-state index in [1.165, 1.54) is 21.2 Å². The minimum Gasteiger partial charge on any atom is -0.306 e. The summed E-state index contributed by atoms with van der Waals surface area (Å²) in [5, 5.41) is 6.01. The molecule has 1 N–H and O–H groups in total. The van der Waals surface area contributed by atoms with Crippen LogP contribution in [0, 0.1) is 6.92 Å². The summed E-state index contributed by atoms with van der Waals surface area (Å²) in [6.45, 7) is 5.13. The predicted molar refractivity (Wildman–Crippen MR) is 84.1 cm³/mol. The first-order chi connectivity index (χ1) is 9.81. The van der Waals surface area contributed by atoms with Gasteiger partial charge < -0.3 is 5.32 Å². The molecule has 102 valence electrons. The van der Waals surface area contributed by atoms with Gasteiger partial charge in [0.25, 0.3) is 0 Å². The quantitative estimate of drug-likeness (QED) is 0.793. The van der Waals surface area contributed by atoms with Gasteiger partial charge in [-0.3, -0.25) is 4.98 Å². The Kier molecular flexibility index (Phi) is 3.76. The first-order valence-electron chi connectivity index (χ1n) is 6.77. The molecule has 20 heavy (non-hydrogen) atoms. The SMILES string of the molecule is CCNC(c1scnc1C)c1cccc2cnccc12. The molecule has 4 heteroatoms. The number of nitrogens with zero attached hydrogens (tertiary/aromatic N) is 2. The summed E-state index contributed by atoms with van der Waals surface area (Å²) in [5.74, 6) is 0. The molecule has 0 fully saturated rings. The number of fused-ring (bicyclic) bond motifs is 1. The maximum absolute atomic E-state index is 4.39. The van der Waals surface area contributed by atoms with Gasteiger partial charge >= 0.3 is 0 Å². The molecule has 3 nitrogen and oxygen atoms in total. The van der Waals surface area contributed by atoms with Gasteiger partial charge in [0.15, 0.2) is 0 Å². The van der Waals surface area contributed by atoms with Gasteiger partial charge in [-0.15, -0.1) is 11.3 Å². The summed E-state index contributed by atoms with van der Waals surface area (Å²) in [6, 6.07) is 8.67. The predicted octanol–water partition coefficient (Wildman–Crippen LogP) is 3.70. The Labute approximate surface area is 122 Å². The van der Waals surface area contributed by atoms with Gasteiger partial charge in [-0.2, -0.15) is 0 Å². The third-order valence-electron chi connectivity index (χ3n) is 3.48. The lowest BCUT2D eigenvalue weighted by Gasteiger charge is -2.19. The molecule has 1 atom stereocenters. The van der Waals surface area contributed by atoms with Crippen molar-refractivity contribution in [3.8, 4) is 0 Å². The summed E-state index contributed by atoms with van der Waals surface area (Å²) in [7, 11) is 0. The van der Waals surface area contributed by atoms with E-state index >= 15 is 0 Å². The maximum atomic E-state index is 4.39. The maximum Gasteiger partial charge on any atom is 0.0798 e. The molecule has 3 rings (SSSR count). The number of aryl methyl sites for hydroxylation is 1. The lowest BCUT2D eigenvalue weighted by Crippen LogP contribution is -2.22. The molecule has 0 aliphatic carbocycles. The van der Waals surface area contributed by atoms with Gasteiger partial charge in [0.2, 0.25) is 0 Å². The Bertz CT molecular complexity index is 715. The minimum absolute atomic E-state index is 0.193. The van der Waals surface area contributed by atoms with Crippen LogP contribution in [0.3, 0.4) is 0 Å². The summed E-state index contributed by atoms with van der Waals surface area (Å²) < 4.78 is 0. The van der Waals surface area contributed by atoms with Crippen LogP contribution in [-0.4, -0.2) is 16.5 Å². The molecule has 1 unspecified atom stereocenters. The van der Waals surface area contributed by atoms with Crippen LogP contribution in [0.15, 0.2) is 42.2 Å². The Morgan fingerprint density at radius 3 is 2.95 bits per heavy atom. The van der Waals surface area contributed by atoms with Crippen LogP contribution in [-0.2, 0) is 0 Å². The fourth-order valence-electron chi connectivity index (χ4n) is 2.54. The second-order valence-corrected chi connectivity index (χ2v) is 5.62. The number of pyridine rings is 1. The van der Waals surface area contributed by atoms with E-state index in [0.29, 0.717) is 0 Å². The summed E-state index contributed by atoms with van der Waals surface area (Å²) in [6.07, 6.45) is 3.77. The van der Waals surface area contributed by atoms with E-state index in [1.54, 1.807) is 11.3 Å². The Morgan fingerprint density at radius 1 is 1.30 bits per heavy atom. The van der Waals surface area contributed by atoms with Crippen LogP contribution in [0.4, 0.5) is 0 Å². The van der Waals surface area contributed by atoms with Gasteiger partial charge in [0.1, 0.15) is 0 Å². The highest BCUT2D eigenvalue weighted by Gasteiger charge is 2.19. The first-order valence-corrected chi connectivity index (χ1v) is 7.65. The van der Waals surface area contributed by atoms with Crippen molar-refractivity contribution in [3.63, 3.8) is 0 Å². The number of benzene rings is 1. The van der Waals surface area contributed by atoms with Crippen molar-refractivity contribution < 1.29 is 0 Å². The molecule has 0 saturated heterocycles. The lowest BCUT2D eigenvalue weighted by atomic mass is 9.98. The second kappa shape index (κ2) is 5.69. The van der Waals surface area contributed by atoms with Crippen LogP contribution >= 0.6 is 11.3 Å². The van der Waals surface area contributed by atoms with E-state index in [9.17, 15) is 0 Å². The third kappa shape index (κ3) is 2.32. The zero-order chi connectivity index (χ0) is 13.9. The largest absolute Gasteiger partial charge is 0.306 e. The lowest BCUT2D eigenvalue weighted by molar-refractivity contribution is 0.639. The average molecular weight is 283 g/mol. The molecule has 0 saturated carbocycles. The topological polar surface area (TPSA) is 37.8 Å². The van der Waals surface area contributed by atoms with E-state index < -0.39 is 0 Å². The molecule has 3 aromatic rings. The molecule has 0 bridgehead atoms. The highest BCUT2D eigenvalue weighted by atomic mass is 32.1. The summed E-state index contributed by atoms with van der Waals surface area (Å²) in [4.78, 5) is 9.89. The zero-order valence-electron chi connectivity index (χ0n) is 11.6. The van der Waals surface area contributed by atoms with E-state index in [2.05, 4.69) is 53.4 Å². The van der Waals surface area contributed by atoms with Crippen molar-refractivity contribution in [1.29, 1.82) is 0 Å². The van der Waals surface area contributed by atoms with Gasteiger partial charge in [0.05, 0.1) is 17.2 Å². The van der Waals surface area contributed by atoms with Crippen molar-refractivity contribution in [2.75, 3.05) is 6.54 Å². The number of hydrogen-bond donors (Lipinski definition) is 1. The fraction of sp³-hybridized carbons (Fsp3) is 0.250. The molecule has 2 heterocycles. The van der Waals surface area contributed by atoms with Crippen LogP contribution in [0.1, 0.15) is 29.1 Å². The van der Waals surface area contributed by atoms with Crippen molar-refractivity contribution in [1.82, 2.24) is 15.3 Å². The zero-order valence-corrected chi connectivity index (χ0v) is 12.4. The second-order valence-electron chi connectivity index (χ2n) is 4.74. The Hall–Kier alpha value is -1.78. The highest BCUT2D eigenvalue weighted by molar-refractivity contribution is 7.09. The molecule has 0 aliphatic heterocycles. The number of rotatable bonds is 4. The van der Waals surface area contributed by atoms with Crippen LogP contribution < -0.4 is 5.32 Å². The fourth-order valence-corrected chi connectivity index (χ4v) is 3.43. The summed E-state index contributed by atoms with van der Waals surface area (Å²) in [5.41, 5.74) is 4.31. The monoisotopic (exact) mass is 283 g/mol. The molecular formula is C16H17N3S. The molecule has 0 spiro atoms. The van der Waals surface area contributed by atoms with Gasteiger partial charge in [0, 0.05) is 22.7 Å². The molecule has 1 aromatic carbocycles. The molecule has 2 aromatic heterocycles. The summed E-state index contributed by atoms with van der Waals surface area (Å²) >= 11 is 1.71. The van der Waals surface area contributed by atoms with E-state index in [0.717, 1.165) is 12.2 Å². The van der Waals surface area contributed by atoms with E-state index in [4.69, 9.17) is 0 Å². The van der Waals surface area contributed by atoms with Crippen molar-refractivity contribution >= 4 is 22.1 Å². The first kappa shape index (κ1) is 13.2. The normalized spacial score (nSPS) is 12.7. The number of hydrogen-bond acceptors (Lipinski definition) is 4. The van der Waals surface area contributed by atoms with Crippen molar-refractivity contribution in [3.05, 3.63) is 58.3 Å². The molecule has 0 amide bonds. The highest BCUT2D eigenvalue weighted by Crippen LogP contribution is 2.32. The smallest absolute Gasteiger partial charge is 0.0798 e. The van der Waals surface area contributed by atoms with Crippen LogP contribution in [0.5, 0.6) is 0 Å². The van der Waals surface area contributed by atoms with Gasteiger partial charge in [-0.1, -0.05) is 25.1 Å². The molecule has 0 aliphatic rings. The number of nitrogens with one attached hydrogen (secondary N) is 1. The standard InChI is InChI=1S/C16H17N3S/c1-3-18-15(16-11(2)19-10-20-16)14-6-4-5-12-9-17-8-7-13(12)14/h4-10,15,18H,3H2,1-2H3. The van der Waals surface area contributed by atoms with Crippen molar-refractivity contribution in [2.24, 2.45) is 0 Å². The third-order valence-corrected chi connectivity index (χ3v) is 4.47. The average Bonchev–Trinajstić information content (AvgIpc) is 2.90. The molecular weight excluding hydrogens is 266 g/mol. The van der Waals surface area contributed by atoms with Crippen LogP contribution in [0.25, 0.3) is 10.8 Å². The van der Waals surface area contributed by atoms with Gasteiger partial charge in [-0.25, -0.2) is 4.98 Å². The van der Waals surface area contributed by atoms with Gasteiger partial charge in [-0.05, 0) is 30.5 Å².